The molecule has 1 saturated heterocycles. The first-order valence-electron chi connectivity index (χ1n) is 13.2. The van der Waals surface area contributed by atoms with Gasteiger partial charge in [-0.05, 0) is 66.8 Å². The van der Waals surface area contributed by atoms with Crippen LogP contribution in [-0.2, 0) is 24.8 Å². The number of amides is 1. The Bertz CT molecular complexity index is 1530. The van der Waals surface area contributed by atoms with Gasteiger partial charge in [0.05, 0.1) is 17.7 Å². The summed E-state index contributed by atoms with van der Waals surface area (Å²) in [7, 11) is -6.54. The first-order chi connectivity index (χ1) is 19.0. The zero-order valence-electron chi connectivity index (χ0n) is 22.9. The van der Waals surface area contributed by atoms with Crippen molar-refractivity contribution in [3.05, 3.63) is 78.4 Å². The van der Waals surface area contributed by atoms with E-state index in [0.717, 1.165) is 29.1 Å². The quantitative estimate of drug-likeness (QED) is 0.365. The molecule has 0 unspecified atom stereocenters. The monoisotopic (exact) mass is 585 g/mol. The van der Waals surface area contributed by atoms with Gasteiger partial charge >= 0.3 is 0 Å². The lowest BCUT2D eigenvalue weighted by atomic mass is 10.0. The van der Waals surface area contributed by atoms with Gasteiger partial charge < -0.3 is 10.1 Å². The number of benzene rings is 3. The minimum absolute atomic E-state index is 0.0484. The lowest BCUT2D eigenvalue weighted by Gasteiger charge is -2.27. The van der Waals surface area contributed by atoms with Gasteiger partial charge in [-0.3, -0.25) is 9.10 Å². The molecule has 0 aromatic heterocycles. The summed E-state index contributed by atoms with van der Waals surface area (Å²) in [6.45, 7) is 4.40. The van der Waals surface area contributed by atoms with E-state index in [-0.39, 0.29) is 27.1 Å². The first-order valence-corrected chi connectivity index (χ1v) is 16.1. The van der Waals surface area contributed by atoms with Gasteiger partial charge in [-0.25, -0.2) is 16.8 Å². The largest absolute Gasteiger partial charge is 0.495 e. The number of sulfonamides is 2. The number of hydrogen-bond acceptors (Lipinski definition) is 6. The van der Waals surface area contributed by atoms with Gasteiger partial charge in [0.25, 0.3) is 10.0 Å². The van der Waals surface area contributed by atoms with Crippen LogP contribution in [0, 0.1) is 0 Å². The van der Waals surface area contributed by atoms with Gasteiger partial charge in [-0.2, -0.15) is 4.31 Å². The molecular weight excluding hydrogens is 550 g/mol. The number of hydrogen-bond donors (Lipinski definition) is 1. The Balaban J connectivity index is 1.63. The second-order valence-electron chi connectivity index (χ2n) is 9.95. The van der Waals surface area contributed by atoms with Crippen molar-refractivity contribution in [1.29, 1.82) is 0 Å². The molecule has 1 N–H and O–H groups in total. The molecule has 0 atom stereocenters. The van der Waals surface area contributed by atoms with Gasteiger partial charge in [0, 0.05) is 18.8 Å². The summed E-state index contributed by atoms with van der Waals surface area (Å²) in [5.41, 5.74) is 1.59. The normalized spacial score (nSPS) is 14.6. The molecule has 4 rings (SSSR count). The third-order valence-corrected chi connectivity index (χ3v) is 10.6. The number of piperidine rings is 1. The van der Waals surface area contributed by atoms with Gasteiger partial charge in [0.15, 0.2) is 0 Å². The molecule has 11 heteroatoms. The lowest BCUT2D eigenvalue weighted by Crippen LogP contribution is -2.38. The highest BCUT2D eigenvalue weighted by atomic mass is 32.2. The summed E-state index contributed by atoms with van der Waals surface area (Å²) in [5, 5.41) is 2.68. The average Bonchev–Trinajstić information content (AvgIpc) is 2.96. The van der Waals surface area contributed by atoms with Crippen LogP contribution in [0.2, 0.25) is 0 Å². The number of carbonyl (C=O) groups excluding carboxylic acids is 1. The number of carbonyl (C=O) groups is 1. The van der Waals surface area contributed by atoms with E-state index in [4.69, 9.17) is 4.74 Å². The van der Waals surface area contributed by atoms with Crippen LogP contribution in [0.3, 0.4) is 0 Å². The minimum Gasteiger partial charge on any atom is -0.495 e. The molecule has 3 aromatic rings. The summed E-state index contributed by atoms with van der Waals surface area (Å²) in [6.07, 6.45) is 2.53. The fourth-order valence-corrected chi connectivity index (χ4v) is 7.73. The summed E-state index contributed by atoms with van der Waals surface area (Å²) in [5.74, 6) is -0.206. The van der Waals surface area contributed by atoms with E-state index in [1.54, 1.807) is 30.3 Å². The van der Waals surface area contributed by atoms with Crippen LogP contribution in [-0.4, -0.2) is 53.8 Å². The molecule has 1 aliphatic rings. The second kappa shape index (κ2) is 12.4. The Labute approximate surface area is 236 Å². The van der Waals surface area contributed by atoms with Crippen LogP contribution in [0.1, 0.15) is 44.6 Å². The highest BCUT2D eigenvalue weighted by Gasteiger charge is 2.30. The Morgan fingerprint density at radius 2 is 1.57 bits per heavy atom. The third-order valence-electron chi connectivity index (χ3n) is 6.85. The van der Waals surface area contributed by atoms with Gasteiger partial charge in [0.1, 0.15) is 17.2 Å². The Morgan fingerprint density at radius 1 is 0.925 bits per heavy atom. The van der Waals surface area contributed by atoms with Crippen molar-refractivity contribution in [3.63, 3.8) is 0 Å². The zero-order chi connectivity index (χ0) is 28.9. The van der Waals surface area contributed by atoms with E-state index in [9.17, 15) is 21.6 Å². The van der Waals surface area contributed by atoms with E-state index in [2.05, 4.69) is 5.32 Å². The number of rotatable bonds is 10. The minimum atomic E-state index is -4.08. The average molecular weight is 586 g/mol. The van der Waals surface area contributed by atoms with Gasteiger partial charge in [-0.15, -0.1) is 0 Å². The maximum absolute atomic E-state index is 13.6. The maximum Gasteiger partial charge on any atom is 0.264 e. The molecular formula is C29H35N3O6S2. The molecule has 3 aromatic carbocycles. The number of methoxy groups -OCH3 is 1. The molecule has 0 bridgehead atoms. The standard InChI is InChI=1S/C29H35N3O6S2/c1-22(2)23-12-15-25(16-13-23)32(39(34,35)26-10-6-4-7-11-26)21-29(33)30-24-14-17-27(38-3)28(20-24)40(36,37)31-18-8-5-9-19-31/h4,6-7,10-17,20,22H,5,8-9,18-19,21H2,1-3H3,(H,30,33). The Kier molecular flexibility index (Phi) is 9.17. The van der Waals surface area contributed by atoms with E-state index < -0.39 is 32.5 Å². The van der Waals surface area contributed by atoms with Gasteiger partial charge in [-0.1, -0.05) is 50.6 Å². The van der Waals surface area contributed by atoms with Crippen LogP contribution in [0.15, 0.2) is 82.6 Å². The maximum atomic E-state index is 13.6. The van der Waals surface area contributed by atoms with Crippen LogP contribution < -0.4 is 14.4 Å². The molecule has 0 radical (unpaired) electrons. The molecule has 1 amide bonds. The summed E-state index contributed by atoms with van der Waals surface area (Å²) >= 11 is 0. The van der Waals surface area contributed by atoms with Crippen molar-refractivity contribution >= 4 is 37.3 Å². The van der Waals surface area contributed by atoms with Crippen LogP contribution in [0.5, 0.6) is 5.75 Å². The SMILES string of the molecule is COc1ccc(NC(=O)CN(c2ccc(C(C)C)cc2)S(=O)(=O)c2ccccc2)cc1S(=O)(=O)N1CCCCC1. The highest BCUT2D eigenvalue weighted by Crippen LogP contribution is 2.31. The smallest absolute Gasteiger partial charge is 0.264 e. The van der Waals surface area contributed by atoms with E-state index in [1.807, 2.05) is 26.0 Å². The van der Waals surface area contributed by atoms with E-state index in [0.29, 0.717) is 18.8 Å². The van der Waals surface area contributed by atoms with E-state index in [1.165, 1.54) is 41.7 Å². The van der Waals surface area contributed by atoms with Crippen molar-refractivity contribution in [2.24, 2.45) is 0 Å². The molecule has 1 heterocycles. The van der Waals surface area contributed by atoms with Crippen molar-refractivity contribution < 1.29 is 26.4 Å². The summed E-state index contributed by atoms with van der Waals surface area (Å²) in [6, 6.07) is 19.3. The molecule has 1 aliphatic heterocycles. The number of nitrogens with one attached hydrogen (secondary N) is 1. The lowest BCUT2D eigenvalue weighted by molar-refractivity contribution is -0.114. The van der Waals surface area contributed by atoms with Crippen molar-refractivity contribution in [2.75, 3.05) is 36.4 Å². The highest BCUT2D eigenvalue weighted by molar-refractivity contribution is 7.92. The van der Waals surface area contributed by atoms with Crippen LogP contribution in [0.4, 0.5) is 11.4 Å². The van der Waals surface area contributed by atoms with Gasteiger partial charge in [0.2, 0.25) is 15.9 Å². The molecule has 40 heavy (non-hydrogen) atoms. The van der Waals surface area contributed by atoms with Crippen LogP contribution >= 0.6 is 0 Å². The summed E-state index contributed by atoms with van der Waals surface area (Å²) < 4.78 is 61.8. The molecule has 0 saturated carbocycles. The predicted molar refractivity (Wildman–Crippen MR) is 156 cm³/mol. The second-order valence-corrected chi connectivity index (χ2v) is 13.7. The Morgan fingerprint density at radius 3 is 2.17 bits per heavy atom. The molecule has 214 valence electrons. The van der Waals surface area contributed by atoms with Crippen molar-refractivity contribution in [2.45, 2.75) is 48.8 Å². The van der Waals surface area contributed by atoms with Crippen molar-refractivity contribution in [3.8, 4) is 5.75 Å². The van der Waals surface area contributed by atoms with E-state index >= 15 is 0 Å². The molecule has 9 nitrogen and oxygen atoms in total. The molecule has 0 aliphatic carbocycles. The molecule has 1 fully saturated rings. The topological polar surface area (TPSA) is 113 Å². The fraction of sp³-hybridized carbons (Fsp3) is 0.345. The molecule has 0 spiro atoms. The third kappa shape index (κ3) is 6.48. The Hall–Kier alpha value is -3.41. The zero-order valence-corrected chi connectivity index (χ0v) is 24.5. The predicted octanol–water partition coefficient (Wildman–Crippen LogP) is 4.83. The van der Waals surface area contributed by atoms with Crippen LogP contribution in [0.25, 0.3) is 0 Å². The fourth-order valence-electron chi connectivity index (χ4n) is 4.59. The summed E-state index contributed by atoms with van der Waals surface area (Å²) in [4.78, 5) is 13.3. The first kappa shape index (κ1) is 29.6. The number of ether oxygens (including phenoxy) is 1. The van der Waals surface area contributed by atoms with Crippen molar-refractivity contribution in [1.82, 2.24) is 4.31 Å². The number of anilines is 2. The number of nitrogens with zero attached hydrogens (tertiary/aromatic N) is 2.